The van der Waals surface area contributed by atoms with Crippen LogP contribution in [0.5, 0.6) is 0 Å². The summed E-state index contributed by atoms with van der Waals surface area (Å²) in [6.45, 7) is 8.17. The molecular formula is C24H32N4O6S2. The van der Waals surface area contributed by atoms with Gasteiger partial charge in [0.25, 0.3) is 10.0 Å². The summed E-state index contributed by atoms with van der Waals surface area (Å²) in [5.74, 6) is -0.591. The highest BCUT2D eigenvalue weighted by Gasteiger charge is 2.25. The van der Waals surface area contributed by atoms with Gasteiger partial charge in [-0.2, -0.15) is 0 Å². The Labute approximate surface area is 217 Å². The summed E-state index contributed by atoms with van der Waals surface area (Å²) in [6.07, 6.45) is 1.15. The van der Waals surface area contributed by atoms with Gasteiger partial charge in [0.05, 0.1) is 17.1 Å². The van der Waals surface area contributed by atoms with E-state index in [1.54, 1.807) is 17.0 Å². The third-order valence-corrected chi connectivity index (χ3v) is 6.61. The minimum atomic E-state index is -4.05. The van der Waals surface area contributed by atoms with Crippen LogP contribution < -0.4 is 14.8 Å². The van der Waals surface area contributed by atoms with Crippen LogP contribution in [0.4, 0.5) is 15.3 Å². The second kappa shape index (κ2) is 12.6. The van der Waals surface area contributed by atoms with Crippen LogP contribution in [0.15, 0.2) is 53.4 Å². The maximum atomic E-state index is 12.4. The molecule has 2 rings (SSSR count). The predicted octanol–water partition coefficient (Wildman–Crippen LogP) is 4.10. The van der Waals surface area contributed by atoms with Gasteiger partial charge in [-0.1, -0.05) is 36.6 Å². The Morgan fingerprint density at radius 1 is 1.03 bits per heavy atom. The zero-order chi connectivity index (χ0) is 26.9. The summed E-state index contributed by atoms with van der Waals surface area (Å²) in [7, 11) is -4.05. The zero-order valence-electron chi connectivity index (χ0n) is 20.7. The Balaban J connectivity index is 1.87. The molecule has 2 aromatic rings. The minimum Gasteiger partial charge on any atom is -0.462 e. The number of carbonyl (C=O) groups excluding carboxylic acids is 3. The first-order chi connectivity index (χ1) is 16.8. The molecule has 10 nitrogen and oxygen atoms in total. The molecule has 196 valence electrons. The van der Waals surface area contributed by atoms with E-state index in [1.165, 1.54) is 36.4 Å². The molecule has 0 aromatic heterocycles. The van der Waals surface area contributed by atoms with Crippen molar-refractivity contribution in [3.63, 3.8) is 0 Å². The molecule has 0 bridgehead atoms. The average molecular weight is 537 g/mol. The van der Waals surface area contributed by atoms with Crippen molar-refractivity contribution in [2.45, 2.75) is 51.0 Å². The fraction of sp³-hybridized carbons (Fsp3) is 0.375. The molecule has 0 heterocycles. The maximum Gasteiger partial charge on any atom is 0.338 e. The molecule has 0 saturated heterocycles. The van der Waals surface area contributed by atoms with Gasteiger partial charge in [0, 0.05) is 17.8 Å². The summed E-state index contributed by atoms with van der Waals surface area (Å²) in [5.41, 5.74) is 0.914. The second-order valence-corrected chi connectivity index (χ2v) is 10.9. The zero-order valence-corrected chi connectivity index (χ0v) is 22.4. The number of nitrogens with zero attached hydrogens (tertiary/aromatic N) is 1. The van der Waals surface area contributed by atoms with Gasteiger partial charge in [0.2, 0.25) is 0 Å². The van der Waals surface area contributed by atoms with Crippen LogP contribution in [0.3, 0.4) is 0 Å². The Hall–Kier alpha value is -3.25. The van der Waals surface area contributed by atoms with Crippen molar-refractivity contribution in [1.82, 2.24) is 14.3 Å². The average Bonchev–Trinajstić information content (AvgIpc) is 2.80. The van der Waals surface area contributed by atoms with Crippen molar-refractivity contribution < 1.29 is 27.5 Å². The number of sulfonamides is 1. The highest BCUT2D eigenvalue weighted by molar-refractivity contribution is 7.90. The van der Waals surface area contributed by atoms with E-state index in [2.05, 4.69) is 22.9 Å². The Kier molecular flexibility index (Phi) is 10.2. The third-order valence-electron chi connectivity index (χ3n) is 5.07. The van der Waals surface area contributed by atoms with Crippen LogP contribution in [-0.4, -0.2) is 50.0 Å². The normalized spacial score (nSPS) is 11.4. The number of nitrogens with one attached hydrogen (secondary N) is 3. The van der Waals surface area contributed by atoms with Gasteiger partial charge in [-0.3, -0.25) is 4.72 Å². The van der Waals surface area contributed by atoms with Gasteiger partial charge < -0.3 is 15.0 Å². The van der Waals surface area contributed by atoms with Crippen molar-refractivity contribution >= 4 is 46.6 Å². The number of unbranched alkanes of at least 4 members (excludes halogenated alkanes) is 1. The molecule has 0 fully saturated rings. The third kappa shape index (κ3) is 8.76. The largest absolute Gasteiger partial charge is 0.462 e. The number of esters is 1. The van der Waals surface area contributed by atoms with Gasteiger partial charge in [-0.15, -0.1) is 0 Å². The molecule has 0 unspecified atom stereocenters. The number of urea groups is 2. The summed E-state index contributed by atoms with van der Waals surface area (Å²) in [4.78, 5) is 38.2. The van der Waals surface area contributed by atoms with Crippen molar-refractivity contribution in [3.05, 3.63) is 59.7 Å². The number of ether oxygens (including phenoxy) is 1. The van der Waals surface area contributed by atoms with E-state index in [0.29, 0.717) is 19.4 Å². The van der Waals surface area contributed by atoms with Gasteiger partial charge in [-0.05, 0) is 70.9 Å². The standard InChI is InChI=1S/C24H32N4O6S2/c1-17-10-12-20(13-11-17)36(32,33)27-22(30)25-19-9-7-8-18(16-19)21(29)34-15-6-5-14-28(23(31)26-35)24(2,3)4/h7-13,16,35H,5-6,14-15H2,1-4H3,(H,26,31)(H2,25,27,30). The molecule has 4 amide bonds. The Morgan fingerprint density at radius 3 is 2.31 bits per heavy atom. The van der Waals surface area contributed by atoms with E-state index in [9.17, 15) is 22.8 Å². The monoisotopic (exact) mass is 536 g/mol. The second-order valence-electron chi connectivity index (χ2n) is 9.04. The number of thiol groups is 1. The number of anilines is 1. The van der Waals surface area contributed by atoms with E-state index in [0.717, 1.165) is 5.56 Å². The molecular weight excluding hydrogens is 504 g/mol. The summed E-state index contributed by atoms with van der Waals surface area (Å²) < 4.78 is 34.3. The van der Waals surface area contributed by atoms with Crippen molar-refractivity contribution in [3.8, 4) is 0 Å². The lowest BCUT2D eigenvalue weighted by Gasteiger charge is -2.35. The highest BCUT2D eigenvalue weighted by Crippen LogP contribution is 2.16. The van der Waals surface area contributed by atoms with Gasteiger partial charge in [0.1, 0.15) is 0 Å². The van der Waals surface area contributed by atoms with Crippen LogP contribution in [0.1, 0.15) is 49.5 Å². The van der Waals surface area contributed by atoms with Crippen LogP contribution in [0.2, 0.25) is 0 Å². The number of benzene rings is 2. The first-order valence-electron chi connectivity index (χ1n) is 11.2. The van der Waals surface area contributed by atoms with Crippen LogP contribution in [0.25, 0.3) is 0 Å². The number of hydrogen-bond donors (Lipinski definition) is 4. The maximum absolute atomic E-state index is 12.4. The van der Waals surface area contributed by atoms with Crippen molar-refractivity contribution in [2.75, 3.05) is 18.5 Å². The van der Waals surface area contributed by atoms with E-state index in [4.69, 9.17) is 4.74 Å². The number of aryl methyl sites for hydroxylation is 1. The highest BCUT2D eigenvalue weighted by atomic mass is 32.2. The Morgan fingerprint density at radius 2 is 1.69 bits per heavy atom. The van der Waals surface area contributed by atoms with E-state index >= 15 is 0 Å². The summed E-state index contributed by atoms with van der Waals surface area (Å²) >= 11 is 3.82. The van der Waals surface area contributed by atoms with Gasteiger partial charge in [0.15, 0.2) is 0 Å². The first-order valence-corrected chi connectivity index (χ1v) is 13.2. The van der Waals surface area contributed by atoms with Crippen LogP contribution in [0, 0.1) is 6.92 Å². The molecule has 0 aliphatic heterocycles. The predicted molar refractivity (Wildman–Crippen MR) is 140 cm³/mol. The molecule has 0 aliphatic rings. The SMILES string of the molecule is Cc1ccc(S(=O)(=O)NC(=O)Nc2cccc(C(=O)OCCCCN(C(=O)NS)C(C)(C)C)c2)cc1. The minimum absolute atomic E-state index is 0.0440. The molecule has 0 saturated carbocycles. The van der Waals surface area contributed by atoms with Crippen LogP contribution >= 0.6 is 12.8 Å². The quantitative estimate of drug-likeness (QED) is 0.217. The molecule has 0 spiro atoms. The van der Waals surface area contributed by atoms with Gasteiger partial charge >= 0.3 is 18.0 Å². The smallest absolute Gasteiger partial charge is 0.338 e. The van der Waals surface area contributed by atoms with Gasteiger partial charge in [-0.25, -0.2) is 27.5 Å². The fourth-order valence-electron chi connectivity index (χ4n) is 3.20. The molecule has 0 atom stereocenters. The van der Waals surface area contributed by atoms with E-state index in [-0.39, 0.29) is 34.3 Å². The van der Waals surface area contributed by atoms with Crippen molar-refractivity contribution in [2.24, 2.45) is 0 Å². The first kappa shape index (κ1) is 29.0. The fourth-order valence-corrected chi connectivity index (χ4v) is 4.23. The molecule has 0 radical (unpaired) electrons. The number of rotatable bonds is 9. The summed E-state index contributed by atoms with van der Waals surface area (Å²) in [6, 6.07) is 10.8. The van der Waals surface area contributed by atoms with E-state index < -0.39 is 22.0 Å². The molecule has 0 aliphatic carbocycles. The number of carbonyl (C=O) groups is 3. The lowest BCUT2D eigenvalue weighted by molar-refractivity contribution is 0.0492. The molecule has 3 N–H and O–H groups in total. The topological polar surface area (TPSA) is 134 Å². The number of hydrogen-bond acceptors (Lipinski definition) is 7. The lowest BCUT2D eigenvalue weighted by atomic mass is 10.1. The number of amides is 4. The molecule has 12 heteroatoms. The summed E-state index contributed by atoms with van der Waals surface area (Å²) in [5, 5.41) is 2.41. The van der Waals surface area contributed by atoms with Crippen molar-refractivity contribution in [1.29, 1.82) is 0 Å². The molecule has 36 heavy (non-hydrogen) atoms. The van der Waals surface area contributed by atoms with Crippen LogP contribution in [-0.2, 0) is 14.8 Å². The lowest BCUT2D eigenvalue weighted by Crippen LogP contribution is -2.48. The van der Waals surface area contributed by atoms with E-state index in [1.807, 2.05) is 32.4 Å². The molecule has 2 aromatic carbocycles. The Bertz CT molecular complexity index is 1180.